The Morgan fingerprint density at radius 1 is 1.12 bits per heavy atom. The lowest BCUT2D eigenvalue weighted by molar-refractivity contribution is 0.189. The number of aromatic nitrogens is 2. The van der Waals surface area contributed by atoms with Crippen LogP contribution in [0.5, 0.6) is 0 Å². The van der Waals surface area contributed by atoms with Crippen molar-refractivity contribution in [2.75, 3.05) is 31.1 Å². The van der Waals surface area contributed by atoms with E-state index in [0.717, 1.165) is 38.2 Å². The molecule has 1 saturated heterocycles. The van der Waals surface area contributed by atoms with Crippen LogP contribution in [-0.2, 0) is 6.42 Å². The van der Waals surface area contributed by atoms with Gasteiger partial charge in [0.25, 0.3) is 0 Å². The van der Waals surface area contributed by atoms with Gasteiger partial charge in [0.15, 0.2) is 0 Å². The molecule has 1 aliphatic heterocycles. The molecule has 2 aromatic rings. The van der Waals surface area contributed by atoms with E-state index in [0.29, 0.717) is 13.1 Å². The van der Waals surface area contributed by atoms with Crippen molar-refractivity contribution in [1.29, 1.82) is 0 Å². The van der Waals surface area contributed by atoms with Gasteiger partial charge in [0.05, 0.1) is 12.2 Å². The molecule has 0 bridgehead atoms. The summed E-state index contributed by atoms with van der Waals surface area (Å²) in [5, 5.41) is 3.24. The fourth-order valence-electron chi connectivity index (χ4n) is 3.74. The van der Waals surface area contributed by atoms with Gasteiger partial charge < -0.3 is 15.1 Å². The maximum Gasteiger partial charge on any atom is 0.318 e. The van der Waals surface area contributed by atoms with E-state index in [9.17, 15) is 4.79 Å². The minimum atomic E-state index is 0.0421. The molecule has 0 unspecified atom stereocenters. The molecule has 0 saturated carbocycles. The minimum Gasteiger partial charge on any atom is -0.352 e. The van der Waals surface area contributed by atoms with Gasteiger partial charge >= 0.3 is 6.03 Å². The molecule has 1 aromatic carbocycles. The summed E-state index contributed by atoms with van der Waals surface area (Å²) in [5.74, 6) is 0.878. The number of fused-ring (bicyclic) bond motifs is 1. The standard InChI is InChI=1S/C19H23N5O/c25-19(22-17-7-3-5-15-4-1-2-6-16(15)17)24-12-10-23(11-13-24)18-14-20-8-9-21-18/h1-2,4,6,8-9,14,17H,3,5,7,10-13H2,(H,22,25)/t17-/m0/s1. The molecule has 1 N–H and O–H groups in total. The molecule has 0 spiro atoms. The number of carbonyl (C=O) groups excluding carboxylic acids is 1. The highest BCUT2D eigenvalue weighted by atomic mass is 16.2. The zero-order valence-electron chi connectivity index (χ0n) is 14.3. The largest absolute Gasteiger partial charge is 0.352 e. The highest BCUT2D eigenvalue weighted by Gasteiger charge is 2.26. The zero-order valence-corrected chi connectivity index (χ0v) is 14.3. The van der Waals surface area contributed by atoms with Crippen LogP contribution in [0, 0.1) is 0 Å². The number of hydrogen-bond donors (Lipinski definition) is 1. The van der Waals surface area contributed by atoms with Crippen molar-refractivity contribution in [3.63, 3.8) is 0 Å². The second kappa shape index (κ2) is 7.09. The fourth-order valence-corrected chi connectivity index (χ4v) is 3.74. The van der Waals surface area contributed by atoms with Crippen molar-refractivity contribution in [2.24, 2.45) is 0 Å². The maximum absolute atomic E-state index is 12.7. The number of benzene rings is 1. The average molecular weight is 337 g/mol. The third-order valence-corrected chi connectivity index (χ3v) is 5.11. The van der Waals surface area contributed by atoms with E-state index in [1.807, 2.05) is 4.90 Å². The molecule has 2 aliphatic rings. The molecule has 1 aliphatic carbocycles. The third-order valence-electron chi connectivity index (χ3n) is 5.11. The Morgan fingerprint density at radius 3 is 2.76 bits per heavy atom. The molecule has 25 heavy (non-hydrogen) atoms. The highest BCUT2D eigenvalue weighted by Crippen LogP contribution is 2.29. The number of amides is 2. The van der Waals surface area contributed by atoms with Crippen LogP contribution < -0.4 is 10.2 Å². The lowest BCUT2D eigenvalue weighted by Crippen LogP contribution is -2.52. The summed E-state index contributed by atoms with van der Waals surface area (Å²) in [6, 6.07) is 8.63. The number of anilines is 1. The second-order valence-corrected chi connectivity index (χ2v) is 6.63. The van der Waals surface area contributed by atoms with Crippen molar-refractivity contribution in [3.05, 3.63) is 54.0 Å². The predicted molar refractivity (Wildman–Crippen MR) is 96.5 cm³/mol. The minimum absolute atomic E-state index is 0.0421. The fraction of sp³-hybridized carbons (Fsp3) is 0.421. The summed E-state index contributed by atoms with van der Waals surface area (Å²) < 4.78 is 0. The number of urea groups is 1. The molecule has 2 heterocycles. The molecule has 1 atom stereocenters. The monoisotopic (exact) mass is 337 g/mol. The Labute approximate surface area is 147 Å². The van der Waals surface area contributed by atoms with Crippen LogP contribution in [-0.4, -0.2) is 47.1 Å². The van der Waals surface area contributed by atoms with E-state index in [-0.39, 0.29) is 12.1 Å². The lowest BCUT2D eigenvalue weighted by atomic mass is 9.88. The van der Waals surface area contributed by atoms with Gasteiger partial charge in [-0.2, -0.15) is 0 Å². The average Bonchev–Trinajstić information content (AvgIpc) is 2.69. The first kappa shape index (κ1) is 15.9. The van der Waals surface area contributed by atoms with Gasteiger partial charge in [0.1, 0.15) is 5.82 Å². The van der Waals surface area contributed by atoms with E-state index in [1.54, 1.807) is 18.6 Å². The molecule has 2 amide bonds. The van der Waals surface area contributed by atoms with Crippen LogP contribution in [0.3, 0.4) is 0 Å². The van der Waals surface area contributed by atoms with Gasteiger partial charge in [0, 0.05) is 38.6 Å². The smallest absolute Gasteiger partial charge is 0.318 e. The Balaban J connectivity index is 1.36. The van der Waals surface area contributed by atoms with Gasteiger partial charge in [-0.25, -0.2) is 9.78 Å². The van der Waals surface area contributed by atoms with Gasteiger partial charge in [-0.3, -0.25) is 4.98 Å². The molecule has 0 radical (unpaired) electrons. The van der Waals surface area contributed by atoms with Crippen LogP contribution in [0.15, 0.2) is 42.9 Å². The number of nitrogens with one attached hydrogen (secondary N) is 1. The molecule has 6 heteroatoms. The number of nitrogens with zero attached hydrogens (tertiary/aromatic N) is 4. The van der Waals surface area contributed by atoms with Crippen LogP contribution >= 0.6 is 0 Å². The van der Waals surface area contributed by atoms with Crippen LogP contribution in [0.25, 0.3) is 0 Å². The topological polar surface area (TPSA) is 61.4 Å². The van der Waals surface area contributed by atoms with E-state index >= 15 is 0 Å². The summed E-state index contributed by atoms with van der Waals surface area (Å²) in [6.07, 6.45) is 8.41. The SMILES string of the molecule is O=C(N[C@H]1CCCc2ccccc21)N1CCN(c2cnccn2)CC1. The van der Waals surface area contributed by atoms with Gasteiger partial charge in [-0.05, 0) is 30.4 Å². The number of rotatable bonds is 2. The number of hydrogen-bond acceptors (Lipinski definition) is 4. The maximum atomic E-state index is 12.7. The van der Waals surface area contributed by atoms with Crippen molar-refractivity contribution in [3.8, 4) is 0 Å². The first-order valence-electron chi connectivity index (χ1n) is 8.95. The quantitative estimate of drug-likeness (QED) is 0.914. The first-order valence-corrected chi connectivity index (χ1v) is 8.95. The van der Waals surface area contributed by atoms with Crippen molar-refractivity contribution < 1.29 is 4.79 Å². The number of piperazine rings is 1. The second-order valence-electron chi connectivity index (χ2n) is 6.63. The summed E-state index contributed by atoms with van der Waals surface area (Å²) >= 11 is 0. The van der Waals surface area contributed by atoms with Crippen molar-refractivity contribution in [2.45, 2.75) is 25.3 Å². The summed E-state index contributed by atoms with van der Waals surface area (Å²) in [7, 11) is 0. The highest BCUT2D eigenvalue weighted by molar-refractivity contribution is 5.75. The van der Waals surface area contributed by atoms with Crippen LogP contribution in [0.2, 0.25) is 0 Å². The van der Waals surface area contributed by atoms with Crippen LogP contribution in [0.4, 0.5) is 10.6 Å². The molecular formula is C19H23N5O. The normalized spacial score (nSPS) is 20.1. The molecule has 1 aromatic heterocycles. The van der Waals surface area contributed by atoms with Crippen molar-refractivity contribution >= 4 is 11.8 Å². The van der Waals surface area contributed by atoms with E-state index in [1.165, 1.54) is 11.1 Å². The van der Waals surface area contributed by atoms with Crippen molar-refractivity contribution in [1.82, 2.24) is 20.2 Å². The molecule has 4 rings (SSSR count). The Bertz CT molecular complexity index is 728. The van der Waals surface area contributed by atoms with Gasteiger partial charge in [-0.1, -0.05) is 24.3 Å². The molecular weight excluding hydrogens is 314 g/mol. The predicted octanol–water partition coefficient (Wildman–Crippen LogP) is 2.39. The number of aryl methyl sites for hydroxylation is 1. The summed E-state index contributed by atoms with van der Waals surface area (Å²) in [6.45, 7) is 2.98. The molecule has 130 valence electrons. The van der Waals surface area contributed by atoms with Gasteiger partial charge in [0.2, 0.25) is 0 Å². The summed E-state index contributed by atoms with van der Waals surface area (Å²) in [5.41, 5.74) is 2.65. The molecule has 6 nitrogen and oxygen atoms in total. The first-order chi connectivity index (χ1) is 12.3. The Morgan fingerprint density at radius 2 is 1.96 bits per heavy atom. The van der Waals surface area contributed by atoms with E-state index in [2.05, 4.69) is 44.5 Å². The lowest BCUT2D eigenvalue weighted by Gasteiger charge is -2.36. The van der Waals surface area contributed by atoms with Crippen LogP contribution in [0.1, 0.15) is 30.0 Å². The van der Waals surface area contributed by atoms with E-state index < -0.39 is 0 Å². The number of carbonyl (C=O) groups is 1. The summed E-state index contributed by atoms with van der Waals surface area (Å²) in [4.78, 5) is 25.2. The zero-order chi connectivity index (χ0) is 17.1. The Hall–Kier alpha value is -2.63. The molecule has 1 fully saturated rings. The van der Waals surface area contributed by atoms with E-state index in [4.69, 9.17) is 0 Å². The van der Waals surface area contributed by atoms with Gasteiger partial charge in [-0.15, -0.1) is 0 Å². The third kappa shape index (κ3) is 3.43. The Kier molecular flexibility index (Phi) is 4.50.